The molecule has 1 unspecified atom stereocenters. The van der Waals surface area contributed by atoms with Crippen molar-refractivity contribution in [3.63, 3.8) is 0 Å². The average molecular weight is 494 g/mol. The maximum absolute atomic E-state index is 12.9. The van der Waals surface area contributed by atoms with Gasteiger partial charge in [0.15, 0.2) is 0 Å². The van der Waals surface area contributed by atoms with Gasteiger partial charge in [0, 0.05) is 0 Å². The molecule has 0 aromatic heterocycles. The predicted octanol–water partition coefficient (Wildman–Crippen LogP) is 2.78. The minimum atomic E-state index is -0.907. The lowest BCUT2D eigenvalue weighted by molar-refractivity contribution is -0.148. The lowest BCUT2D eigenvalue weighted by atomic mass is 9.95. The molecule has 9 nitrogen and oxygen atoms in total. The molecule has 0 saturated carbocycles. The van der Waals surface area contributed by atoms with Gasteiger partial charge in [0.05, 0.1) is 30.3 Å². The predicted molar refractivity (Wildman–Crippen MR) is 132 cm³/mol. The maximum Gasteiger partial charge on any atom is 0.338 e. The lowest BCUT2D eigenvalue weighted by Crippen LogP contribution is -2.48. The summed E-state index contributed by atoms with van der Waals surface area (Å²) in [5, 5.41) is 8.02. The van der Waals surface area contributed by atoms with Crippen molar-refractivity contribution in [3.8, 4) is 0 Å². The van der Waals surface area contributed by atoms with Crippen LogP contribution in [0.15, 0.2) is 71.9 Å². The molecule has 0 fully saturated rings. The van der Waals surface area contributed by atoms with Crippen LogP contribution in [0.2, 0.25) is 0 Å². The fourth-order valence-electron chi connectivity index (χ4n) is 3.81. The maximum atomic E-state index is 12.9. The SMILES string of the molecule is CCOC(=O)C1=C(COC(=O)[C@@H](NC(=O)Cc2ccccc2)C(C)C)NC(=O)NC1c1ccccc1. The molecule has 1 heterocycles. The molecule has 36 heavy (non-hydrogen) atoms. The highest BCUT2D eigenvalue weighted by atomic mass is 16.5. The van der Waals surface area contributed by atoms with Crippen LogP contribution in [0.3, 0.4) is 0 Å². The largest absolute Gasteiger partial charge is 0.463 e. The number of urea groups is 1. The van der Waals surface area contributed by atoms with Crippen LogP contribution < -0.4 is 16.0 Å². The van der Waals surface area contributed by atoms with E-state index in [0.29, 0.717) is 5.56 Å². The summed E-state index contributed by atoms with van der Waals surface area (Å²) in [6.45, 7) is 5.01. The molecule has 2 aromatic rings. The fourth-order valence-corrected chi connectivity index (χ4v) is 3.81. The average Bonchev–Trinajstić information content (AvgIpc) is 2.86. The van der Waals surface area contributed by atoms with E-state index >= 15 is 0 Å². The van der Waals surface area contributed by atoms with Crippen molar-refractivity contribution in [2.45, 2.75) is 39.3 Å². The van der Waals surface area contributed by atoms with Crippen molar-refractivity contribution in [1.82, 2.24) is 16.0 Å². The number of hydrogen-bond donors (Lipinski definition) is 3. The van der Waals surface area contributed by atoms with Gasteiger partial charge in [-0.15, -0.1) is 0 Å². The molecule has 0 aliphatic carbocycles. The molecule has 3 amide bonds. The van der Waals surface area contributed by atoms with E-state index in [1.54, 1.807) is 45.0 Å². The Kier molecular flexibility index (Phi) is 9.21. The van der Waals surface area contributed by atoms with E-state index in [0.717, 1.165) is 5.56 Å². The summed E-state index contributed by atoms with van der Waals surface area (Å²) in [6, 6.07) is 15.9. The number of nitrogens with one attached hydrogen (secondary N) is 3. The van der Waals surface area contributed by atoms with E-state index in [-0.39, 0.29) is 42.7 Å². The zero-order chi connectivity index (χ0) is 26.1. The summed E-state index contributed by atoms with van der Waals surface area (Å²) >= 11 is 0. The molecule has 1 aliphatic heterocycles. The minimum Gasteiger partial charge on any atom is -0.463 e. The molecule has 0 saturated heterocycles. The number of amides is 3. The van der Waals surface area contributed by atoms with E-state index in [1.165, 1.54) is 0 Å². The Bertz CT molecular complexity index is 1110. The van der Waals surface area contributed by atoms with Gasteiger partial charge in [-0.2, -0.15) is 0 Å². The Morgan fingerprint density at radius 1 is 0.972 bits per heavy atom. The highest BCUT2D eigenvalue weighted by molar-refractivity contribution is 5.95. The second kappa shape index (κ2) is 12.5. The molecule has 0 spiro atoms. The van der Waals surface area contributed by atoms with Crippen molar-refractivity contribution < 1.29 is 28.7 Å². The number of ether oxygens (including phenoxy) is 2. The van der Waals surface area contributed by atoms with Gasteiger partial charge in [0.25, 0.3) is 0 Å². The van der Waals surface area contributed by atoms with Crippen molar-refractivity contribution >= 4 is 23.9 Å². The summed E-state index contributed by atoms with van der Waals surface area (Å²) in [7, 11) is 0. The molecule has 3 N–H and O–H groups in total. The van der Waals surface area contributed by atoms with E-state index in [9.17, 15) is 19.2 Å². The second-order valence-electron chi connectivity index (χ2n) is 8.61. The molecule has 3 rings (SSSR count). The standard InChI is InChI=1S/C27H31N3O6/c1-4-35-25(32)22-20(28-27(34)30-24(22)19-13-9-6-10-14-19)16-36-26(33)23(17(2)3)29-21(31)15-18-11-7-5-8-12-18/h5-14,17,23-24H,4,15-16H2,1-3H3,(H,29,31)(H2,28,30,34)/t23-,24?/m0/s1. The third kappa shape index (κ3) is 6.94. The topological polar surface area (TPSA) is 123 Å². The molecular weight excluding hydrogens is 462 g/mol. The van der Waals surface area contributed by atoms with Gasteiger partial charge in [-0.3, -0.25) is 4.79 Å². The van der Waals surface area contributed by atoms with Crippen LogP contribution in [0.4, 0.5) is 4.79 Å². The Hall–Kier alpha value is -4.14. The molecule has 2 aromatic carbocycles. The Morgan fingerprint density at radius 3 is 2.22 bits per heavy atom. The van der Waals surface area contributed by atoms with Gasteiger partial charge in [-0.05, 0) is 24.0 Å². The lowest BCUT2D eigenvalue weighted by Gasteiger charge is -2.29. The van der Waals surface area contributed by atoms with Gasteiger partial charge in [-0.25, -0.2) is 14.4 Å². The first kappa shape index (κ1) is 26.5. The quantitative estimate of drug-likeness (QED) is 0.438. The van der Waals surface area contributed by atoms with Crippen LogP contribution in [0, 0.1) is 5.92 Å². The molecular formula is C27H31N3O6. The minimum absolute atomic E-state index is 0.121. The molecule has 190 valence electrons. The first-order valence-corrected chi connectivity index (χ1v) is 11.8. The number of benzene rings is 2. The van der Waals surface area contributed by atoms with Crippen LogP contribution in [-0.4, -0.2) is 43.1 Å². The van der Waals surface area contributed by atoms with Crippen molar-refractivity contribution in [2.24, 2.45) is 5.92 Å². The molecule has 1 aliphatic rings. The van der Waals surface area contributed by atoms with Gasteiger partial charge >= 0.3 is 18.0 Å². The van der Waals surface area contributed by atoms with Crippen LogP contribution in [-0.2, 0) is 30.3 Å². The Labute approximate surface area is 210 Å². The summed E-state index contributed by atoms with van der Waals surface area (Å²) in [4.78, 5) is 50.7. The monoisotopic (exact) mass is 493 g/mol. The Morgan fingerprint density at radius 2 is 1.61 bits per heavy atom. The number of hydrogen-bond acceptors (Lipinski definition) is 6. The van der Waals surface area contributed by atoms with Crippen LogP contribution in [0.5, 0.6) is 0 Å². The first-order valence-electron chi connectivity index (χ1n) is 11.8. The summed E-state index contributed by atoms with van der Waals surface area (Å²) in [5.74, 6) is -1.88. The van der Waals surface area contributed by atoms with Crippen molar-refractivity contribution in [2.75, 3.05) is 13.2 Å². The summed E-state index contributed by atoms with van der Waals surface area (Å²) in [6.07, 6.45) is 0.121. The third-order valence-corrected chi connectivity index (χ3v) is 5.59. The smallest absolute Gasteiger partial charge is 0.338 e. The van der Waals surface area contributed by atoms with Gasteiger partial charge in [-0.1, -0.05) is 74.5 Å². The van der Waals surface area contributed by atoms with Crippen LogP contribution in [0.1, 0.15) is 37.9 Å². The number of carbonyl (C=O) groups excluding carboxylic acids is 4. The zero-order valence-electron chi connectivity index (χ0n) is 20.6. The number of esters is 2. The highest BCUT2D eigenvalue weighted by Gasteiger charge is 2.35. The van der Waals surface area contributed by atoms with E-state index in [2.05, 4.69) is 16.0 Å². The third-order valence-electron chi connectivity index (χ3n) is 5.59. The number of carbonyl (C=O) groups is 4. The van der Waals surface area contributed by atoms with E-state index in [4.69, 9.17) is 9.47 Å². The fraction of sp³-hybridized carbons (Fsp3) is 0.333. The molecule has 9 heteroatoms. The molecule has 2 atom stereocenters. The summed E-state index contributed by atoms with van der Waals surface area (Å²) in [5.41, 5.74) is 1.76. The molecule has 0 radical (unpaired) electrons. The normalized spacial score (nSPS) is 16.0. The second-order valence-corrected chi connectivity index (χ2v) is 8.61. The van der Waals surface area contributed by atoms with Crippen LogP contribution >= 0.6 is 0 Å². The first-order chi connectivity index (χ1) is 17.3. The van der Waals surface area contributed by atoms with Crippen molar-refractivity contribution in [1.29, 1.82) is 0 Å². The van der Waals surface area contributed by atoms with Gasteiger partial charge < -0.3 is 25.4 Å². The van der Waals surface area contributed by atoms with Gasteiger partial charge in [0.2, 0.25) is 5.91 Å². The Balaban J connectivity index is 1.78. The van der Waals surface area contributed by atoms with E-state index < -0.39 is 30.1 Å². The van der Waals surface area contributed by atoms with Crippen LogP contribution in [0.25, 0.3) is 0 Å². The number of rotatable bonds is 10. The molecule has 0 bridgehead atoms. The van der Waals surface area contributed by atoms with Crippen molar-refractivity contribution in [3.05, 3.63) is 83.1 Å². The summed E-state index contributed by atoms with van der Waals surface area (Å²) < 4.78 is 10.7. The van der Waals surface area contributed by atoms with Gasteiger partial charge in [0.1, 0.15) is 12.6 Å². The zero-order valence-corrected chi connectivity index (χ0v) is 20.6. The van der Waals surface area contributed by atoms with E-state index in [1.807, 2.05) is 36.4 Å². The highest BCUT2D eigenvalue weighted by Crippen LogP contribution is 2.28.